The minimum atomic E-state index is 0.836. The van der Waals surface area contributed by atoms with E-state index in [9.17, 15) is 0 Å². The molecule has 0 fully saturated rings. The molecule has 2 aromatic rings. The Kier molecular flexibility index (Phi) is 1.88. The van der Waals surface area contributed by atoms with E-state index in [0.717, 1.165) is 27.1 Å². The number of methoxy groups -OCH3 is 1. The summed E-state index contributed by atoms with van der Waals surface area (Å²) in [6.45, 7) is 2.01. The van der Waals surface area contributed by atoms with Crippen LogP contribution in [0, 0.1) is 6.92 Å². The zero-order chi connectivity index (χ0) is 9.42. The number of aryl methyl sites for hydroxylation is 1. The Labute approximate surface area is 80.9 Å². The van der Waals surface area contributed by atoms with E-state index >= 15 is 0 Å². The second-order valence-corrected chi connectivity index (χ2v) is 3.90. The van der Waals surface area contributed by atoms with Gasteiger partial charge in [-0.05, 0) is 30.0 Å². The van der Waals surface area contributed by atoms with Crippen LogP contribution >= 0.6 is 11.3 Å². The van der Waals surface area contributed by atoms with Crippen LogP contribution in [0.5, 0.6) is 5.75 Å². The molecule has 2 N–H and O–H groups in total. The second-order valence-electron chi connectivity index (χ2n) is 2.98. The van der Waals surface area contributed by atoms with E-state index in [0.29, 0.717) is 0 Å². The Balaban J connectivity index is 2.88. The van der Waals surface area contributed by atoms with Crippen LogP contribution in [0.3, 0.4) is 0 Å². The van der Waals surface area contributed by atoms with Gasteiger partial charge in [0.1, 0.15) is 5.75 Å². The van der Waals surface area contributed by atoms with Crippen LogP contribution in [-0.4, -0.2) is 7.11 Å². The van der Waals surface area contributed by atoms with E-state index in [2.05, 4.69) is 0 Å². The Morgan fingerprint density at radius 2 is 2.23 bits per heavy atom. The Morgan fingerprint density at radius 1 is 1.46 bits per heavy atom. The van der Waals surface area contributed by atoms with E-state index < -0.39 is 0 Å². The first-order chi connectivity index (χ1) is 6.24. The van der Waals surface area contributed by atoms with Gasteiger partial charge in [0.2, 0.25) is 0 Å². The molecule has 0 spiro atoms. The van der Waals surface area contributed by atoms with Gasteiger partial charge in [-0.1, -0.05) is 0 Å². The van der Waals surface area contributed by atoms with Crippen LogP contribution in [-0.2, 0) is 0 Å². The van der Waals surface area contributed by atoms with Crippen molar-refractivity contribution in [1.82, 2.24) is 0 Å². The Bertz CT molecular complexity index is 447. The molecule has 3 heteroatoms. The summed E-state index contributed by atoms with van der Waals surface area (Å²) in [7, 11) is 1.69. The summed E-state index contributed by atoms with van der Waals surface area (Å²) in [6, 6.07) is 4.00. The molecule has 0 aliphatic rings. The molecule has 0 atom stereocenters. The minimum absolute atomic E-state index is 0.836. The highest BCUT2D eigenvalue weighted by molar-refractivity contribution is 7.17. The normalized spacial score (nSPS) is 10.6. The van der Waals surface area contributed by atoms with E-state index in [1.807, 2.05) is 24.4 Å². The average molecular weight is 193 g/mol. The highest BCUT2D eigenvalue weighted by Gasteiger charge is 2.08. The lowest BCUT2D eigenvalue weighted by molar-refractivity contribution is 0.417. The lowest BCUT2D eigenvalue weighted by atomic mass is 10.1. The first kappa shape index (κ1) is 8.38. The predicted octanol–water partition coefficient (Wildman–Crippen LogP) is 2.80. The molecule has 1 aromatic heterocycles. The van der Waals surface area contributed by atoms with Crippen molar-refractivity contribution in [2.75, 3.05) is 12.8 Å². The van der Waals surface area contributed by atoms with Crippen molar-refractivity contribution in [1.29, 1.82) is 0 Å². The maximum Gasteiger partial charge on any atom is 0.130 e. The van der Waals surface area contributed by atoms with Gasteiger partial charge in [0.05, 0.1) is 17.5 Å². The van der Waals surface area contributed by atoms with Crippen LogP contribution in [0.4, 0.5) is 5.69 Å². The maximum absolute atomic E-state index is 5.88. The van der Waals surface area contributed by atoms with Crippen LogP contribution in [0.25, 0.3) is 10.1 Å². The summed E-state index contributed by atoms with van der Waals surface area (Å²) >= 11 is 1.65. The number of nitrogen functional groups attached to an aromatic ring is 1. The smallest absolute Gasteiger partial charge is 0.130 e. The molecule has 0 amide bonds. The first-order valence-electron chi connectivity index (χ1n) is 4.04. The van der Waals surface area contributed by atoms with Crippen molar-refractivity contribution < 1.29 is 4.74 Å². The van der Waals surface area contributed by atoms with Crippen LogP contribution in [0.2, 0.25) is 0 Å². The highest BCUT2D eigenvalue weighted by Crippen LogP contribution is 2.36. The maximum atomic E-state index is 5.88. The van der Waals surface area contributed by atoms with Gasteiger partial charge in [-0.25, -0.2) is 0 Å². The van der Waals surface area contributed by atoms with E-state index in [4.69, 9.17) is 10.5 Å². The van der Waals surface area contributed by atoms with Gasteiger partial charge in [0, 0.05) is 5.39 Å². The first-order valence-corrected chi connectivity index (χ1v) is 4.92. The molecule has 0 bridgehead atoms. The number of hydrogen-bond donors (Lipinski definition) is 1. The van der Waals surface area contributed by atoms with Crippen molar-refractivity contribution in [3.8, 4) is 5.75 Å². The molecule has 0 aliphatic heterocycles. The molecular weight excluding hydrogens is 182 g/mol. The summed E-state index contributed by atoms with van der Waals surface area (Å²) in [5.74, 6) is 0.936. The zero-order valence-corrected chi connectivity index (χ0v) is 8.44. The largest absolute Gasteiger partial charge is 0.496 e. The third-order valence-electron chi connectivity index (χ3n) is 2.11. The van der Waals surface area contributed by atoms with Gasteiger partial charge in [-0.3, -0.25) is 0 Å². The lowest BCUT2D eigenvalue weighted by Crippen LogP contribution is -1.91. The van der Waals surface area contributed by atoms with Crippen molar-refractivity contribution in [2.45, 2.75) is 6.92 Å². The number of ether oxygens (including phenoxy) is 1. The Morgan fingerprint density at radius 3 is 2.92 bits per heavy atom. The number of thiophene rings is 1. The molecule has 2 nitrogen and oxygen atoms in total. The highest BCUT2D eigenvalue weighted by atomic mass is 32.1. The quantitative estimate of drug-likeness (QED) is 0.707. The number of benzene rings is 1. The van der Waals surface area contributed by atoms with E-state index in [-0.39, 0.29) is 0 Å². The van der Waals surface area contributed by atoms with Gasteiger partial charge in [0.25, 0.3) is 0 Å². The topological polar surface area (TPSA) is 35.2 Å². The van der Waals surface area contributed by atoms with Crippen LogP contribution < -0.4 is 10.5 Å². The van der Waals surface area contributed by atoms with Gasteiger partial charge in [-0.15, -0.1) is 11.3 Å². The van der Waals surface area contributed by atoms with Crippen molar-refractivity contribution in [2.24, 2.45) is 0 Å². The summed E-state index contributed by atoms with van der Waals surface area (Å²) in [4.78, 5) is 0. The number of nitrogens with two attached hydrogens (primary N) is 1. The third kappa shape index (κ3) is 1.16. The van der Waals surface area contributed by atoms with Gasteiger partial charge in [0.15, 0.2) is 0 Å². The molecule has 1 heterocycles. The minimum Gasteiger partial charge on any atom is -0.496 e. The van der Waals surface area contributed by atoms with Crippen LogP contribution in [0.15, 0.2) is 17.5 Å². The predicted molar refractivity (Wildman–Crippen MR) is 57.5 cm³/mol. The Hall–Kier alpha value is -1.22. The number of anilines is 1. The van der Waals surface area contributed by atoms with E-state index in [1.54, 1.807) is 18.4 Å². The fourth-order valence-corrected chi connectivity index (χ4v) is 2.38. The van der Waals surface area contributed by atoms with Gasteiger partial charge in [-0.2, -0.15) is 0 Å². The molecule has 0 saturated carbocycles. The summed E-state index contributed by atoms with van der Waals surface area (Å²) in [6.07, 6.45) is 0. The molecule has 0 radical (unpaired) electrons. The average Bonchev–Trinajstić information content (AvgIpc) is 2.53. The molecule has 0 saturated heterocycles. The molecule has 68 valence electrons. The summed E-state index contributed by atoms with van der Waals surface area (Å²) in [5.41, 5.74) is 7.81. The number of hydrogen-bond acceptors (Lipinski definition) is 3. The molecule has 2 rings (SSSR count). The third-order valence-corrected chi connectivity index (χ3v) is 3.07. The SMILES string of the molecule is COc1c(C)cc(N)c2sccc12. The van der Waals surface area contributed by atoms with Crippen LogP contribution in [0.1, 0.15) is 5.56 Å². The summed E-state index contributed by atoms with van der Waals surface area (Å²) in [5, 5.41) is 3.15. The van der Waals surface area contributed by atoms with E-state index in [1.165, 1.54) is 0 Å². The van der Waals surface area contributed by atoms with Crippen molar-refractivity contribution in [3.63, 3.8) is 0 Å². The van der Waals surface area contributed by atoms with Crippen molar-refractivity contribution >= 4 is 27.1 Å². The fraction of sp³-hybridized carbons (Fsp3) is 0.200. The van der Waals surface area contributed by atoms with Gasteiger partial charge >= 0.3 is 0 Å². The zero-order valence-electron chi connectivity index (χ0n) is 7.63. The van der Waals surface area contributed by atoms with Crippen molar-refractivity contribution in [3.05, 3.63) is 23.1 Å². The fourth-order valence-electron chi connectivity index (χ4n) is 1.56. The molecule has 1 aromatic carbocycles. The molecule has 0 aliphatic carbocycles. The number of fused-ring (bicyclic) bond motifs is 1. The monoisotopic (exact) mass is 193 g/mol. The second kappa shape index (κ2) is 2.92. The summed E-state index contributed by atoms with van der Waals surface area (Å²) < 4.78 is 6.44. The standard InChI is InChI=1S/C10H11NOS/c1-6-5-8(11)10-7(3-4-13-10)9(6)12-2/h3-5H,11H2,1-2H3. The lowest BCUT2D eigenvalue weighted by Gasteiger charge is -2.07. The molecule has 13 heavy (non-hydrogen) atoms. The molecular formula is C10H11NOS. The molecule has 0 unspecified atom stereocenters. The number of rotatable bonds is 1. The van der Waals surface area contributed by atoms with Gasteiger partial charge < -0.3 is 10.5 Å².